The number of halogens is 1. The van der Waals surface area contributed by atoms with Crippen molar-refractivity contribution in [3.63, 3.8) is 0 Å². The molecule has 0 aliphatic carbocycles. The largest absolute Gasteiger partial charge is 0.484 e. The van der Waals surface area contributed by atoms with E-state index < -0.39 is 0 Å². The van der Waals surface area contributed by atoms with Crippen LogP contribution in [0.1, 0.15) is 11.1 Å². The summed E-state index contributed by atoms with van der Waals surface area (Å²) in [5, 5.41) is 3.45. The minimum atomic E-state index is -0.303. The number of carbonyl (C=O) groups is 2. The van der Waals surface area contributed by atoms with Crippen molar-refractivity contribution in [2.75, 3.05) is 38.7 Å². The lowest BCUT2D eigenvalue weighted by atomic mass is 10.1. The minimum Gasteiger partial charge on any atom is -0.484 e. The van der Waals surface area contributed by atoms with E-state index in [-0.39, 0.29) is 25.0 Å². The van der Waals surface area contributed by atoms with E-state index >= 15 is 0 Å². The van der Waals surface area contributed by atoms with Gasteiger partial charge in [0, 0.05) is 24.4 Å². The smallest absolute Gasteiger partial charge is 0.261 e. The highest BCUT2D eigenvalue weighted by molar-refractivity contribution is 6.30. The number of carbonyl (C=O) groups excluding carboxylic acids is 2. The van der Waals surface area contributed by atoms with E-state index in [0.717, 1.165) is 16.8 Å². The van der Waals surface area contributed by atoms with Crippen LogP contribution in [0.5, 0.6) is 5.75 Å². The molecule has 2 aromatic carbocycles. The SMILES string of the molecule is COCCN(CC(=O)Nc1cccc(C)c1C)C(=O)COc1ccc(Cl)cc1. The van der Waals surface area contributed by atoms with Crippen molar-refractivity contribution < 1.29 is 19.1 Å². The standard InChI is InChI=1S/C21H25ClN2O4/c1-15-5-4-6-19(16(15)2)23-20(25)13-24(11-12-27-3)21(26)14-28-18-9-7-17(22)8-10-18/h4-10H,11-14H2,1-3H3,(H,23,25). The Balaban J connectivity index is 1.97. The molecule has 0 saturated heterocycles. The molecule has 0 bridgehead atoms. The van der Waals surface area contributed by atoms with Gasteiger partial charge in [0.2, 0.25) is 5.91 Å². The molecule has 1 N–H and O–H groups in total. The maximum absolute atomic E-state index is 12.5. The van der Waals surface area contributed by atoms with Crippen LogP contribution in [0.15, 0.2) is 42.5 Å². The van der Waals surface area contributed by atoms with E-state index in [1.54, 1.807) is 31.4 Å². The summed E-state index contributed by atoms with van der Waals surface area (Å²) in [5.41, 5.74) is 2.82. The molecule has 2 aromatic rings. The van der Waals surface area contributed by atoms with E-state index in [1.165, 1.54) is 4.90 Å². The summed E-state index contributed by atoms with van der Waals surface area (Å²) < 4.78 is 10.5. The number of hydrogen-bond donors (Lipinski definition) is 1. The summed E-state index contributed by atoms with van der Waals surface area (Å²) in [6, 6.07) is 12.4. The van der Waals surface area contributed by atoms with E-state index in [0.29, 0.717) is 23.9 Å². The molecule has 0 unspecified atom stereocenters. The fourth-order valence-corrected chi connectivity index (χ4v) is 2.64. The van der Waals surface area contributed by atoms with Gasteiger partial charge in [-0.3, -0.25) is 9.59 Å². The van der Waals surface area contributed by atoms with Gasteiger partial charge in [0.25, 0.3) is 5.91 Å². The third kappa shape index (κ3) is 6.55. The highest BCUT2D eigenvalue weighted by Crippen LogP contribution is 2.18. The van der Waals surface area contributed by atoms with Crippen molar-refractivity contribution >= 4 is 29.1 Å². The molecule has 0 aliphatic heterocycles. The van der Waals surface area contributed by atoms with E-state index in [2.05, 4.69) is 5.32 Å². The van der Waals surface area contributed by atoms with Crippen molar-refractivity contribution in [2.24, 2.45) is 0 Å². The van der Waals surface area contributed by atoms with Crippen LogP contribution in [0, 0.1) is 13.8 Å². The summed E-state index contributed by atoms with van der Waals surface area (Å²) >= 11 is 5.84. The maximum atomic E-state index is 12.5. The number of nitrogens with one attached hydrogen (secondary N) is 1. The average molecular weight is 405 g/mol. The van der Waals surface area contributed by atoms with Gasteiger partial charge in [-0.2, -0.15) is 0 Å². The number of ether oxygens (including phenoxy) is 2. The number of benzene rings is 2. The molecule has 0 spiro atoms. The second kappa shape index (κ2) is 10.7. The van der Waals surface area contributed by atoms with Crippen molar-refractivity contribution in [1.82, 2.24) is 4.90 Å². The quantitative estimate of drug-likeness (QED) is 0.695. The zero-order valence-electron chi connectivity index (χ0n) is 16.3. The number of hydrogen-bond acceptors (Lipinski definition) is 4. The van der Waals surface area contributed by atoms with Crippen LogP contribution in [0.4, 0.5) is 5.69 Å². The Morgan fingerprint density at radius 3 is 2.50 bits per heavy atom. The van der Waals surface area contributed by atoms with Gasteiger partial charge < -0.3 is 19.7 Å². The fourth-order valence-electron chi connectivity index (χ4n) is 2.51. The molecule has 0 atom stereocenters. The molecule has 2 amide bonds. The normalized spacial score (nSPS) is 10.4. The van der Waals surface area contributed by atoms with Crippen molar-refractivity contribution in [3.05, 3.63) is 58.6 Å². The number of amides is 2. The summed E-state index contributed by atoms with van der Waals surface area (Å²) in [6.45, 7) is 4.27. The molecule has 0 aliphatic rings. The first-order chi connectivity index (χ1) is 13.4. The first kappa shape index (κ1) is 21.7. The third-order valence-electron chi connectivity index (χ3n) is 4.31. The fraction of sp³-hybridized carbons (Fsp3) is 0.333. The maximum Gasteiger partial charge on any atom is 0.261 e. The van der Waals surface area contributed by atoms with Gasteiger partial charge in [-0.15, -0.1) is 0 Å². The van der Waals surface area contributed by atoms with Crippen LogP contribution in [0.25, 0.3) is 0 Å². The molecule has 150 valence electrons. The van der Waals surface area contributed by atoms with Gasteiger partial charge >= 0.3 is 0 Å². The monoisotopic (exact) mass is 404 g/mol. The molecule has 0 saturated carbocycles. The first-order valence-electron chi connectivity index (χ1n) is 8.92. The molecule has 2 rings (SSSR count). The second-order valence-corrected chi connectivity index (χ2v) is 6.78. The number of rotatable bonds is 9. The lowest BCUT2D eigenvalue weighted by Crippen LogP contribution is -2.42. The van der Waals surface area contributed by atoms with Crippen LogP contribution >= 0.6 is 11.6 Å². The summed E-state index contributed by atoms with van der Waals surface area (Å²) in [4.78, 5) is 26.4. The Bertz CT molecular complexity index is 809. The van der Waals surface area contributed by atoms with Crippen molar-refractivity contribution in [2.45, 2.75) is 13.8 Å². The Kier molecular flexibility index (Phi) is 8.29. The Morgan fingerprint density at radius 2 is 1.82 bits per heavy atom. The van der Waals surface area contributed by atoms with Gasteiger partial charge in [0.05, 0.1) is 6.61 Å². The van der Waals surface area contributed by atoms with Gasteiger partial charge in [-0.25, -0.2) is 0 Å². The number of methoxy groups -OCH3 is 1. The van der Waals surface area contributed by atoms with Crippen LogP contribution in [0.3, 0.4) is 0 Å². The highest BCUT2D eigenvalue weighted by Gasteiger charge is 2.18. The van der Waals surface area contributed by atoms with Gasteiger partial charge in [-0.1, -0.05) is 23.7 Å². The predicted octanol–water partition coefficient (Wildman–Crippen LogP) is 3.45. The molecular formula is C21H25ClN2O4. The average Bonchev–Trinajstić information content (AvgIpc) is 2.68. The number of aryl methyl sites for hydroxylation is 1. The van der Waals surface area contributed by atoms with Crippen LogP contribution in [-0.2, 0) is 14.3 Å². The zero-order chi connectivity index (χ0) is 20.5. The molecule has 0 radical (unpaired) electrons. The van der Waals surface area contributed by atoms with E-state index in [1.807, 2.05) is 32.0 Å². The molecule has 6 nitrogen and oxygen atoms in total. The Hall–Kier alpha value is -2.57. The van der Waals surface area contributed by atoms with Gasteiger partial charge in [0.15, 0.2) is 6.61 Å². The molecule has 0 aromatic heterocycles. The zero-order valence-corrected chi connectivity index (χ0v) is 17.1. The van der Waals surface area contributed by atoms with Crippen LogP contribution in [-0.4, -0.2) is 50.1 Å². The third-order valence-corrected chi connectivity index (χ3v) is 4.56. The lowest BCUT2D eigenvalue weighted by Gasteiger charge is -2.22. The second-order valence-electron chi connectivity index (χ2n) is 6.35. The molecule has 0 fully saturated rings. The summed E-state index contributed by atoms with van der Waals surface area (Å²) in [7, 11) is 1.54. The van der Waals surface area contributed by atoms with Crippen LogP contribution in [0.2, 0.25) is 5.02 Å². The van der Waals surface area contributed by atoms with Crippen molar-refractivity contribution in [3.8, 4) is 5.75 Å². The lowest BCUT2D eigenvalue weighted by molar-refractivity contribution is -0.137. The Labute approximate surface area is 170 Å². The van der Waals surface area contributed by atoms with Gasteiger partial charge in [-0.05, 0) is 55.3 Å². The van der Waals surface area contributed by atoms with E-state index in [4.69, 9.17) is 21.1 Å². The molecule has 28 heavy (non-hydrogen) atoms. The topological polar surface area (TPSA) is 67.9 Å². The molecule has 7 heteroatoms. The first-order valence-corrected chi connectivity index (χ1v) is 9.29. The number of nitrogens with zero attached hydrogens (tertiary/aromatic N) is 1. The summed E-state index contributed by atoms with van der Waals surface area (Å²) in [6.07, 6.45) is 0. The summed E-state index contributed by atoms with van der Waals surface area (Å²) in [5.74, 6) is -0.0444. The highest BCUT2D eigenvalue weighted by atomic mass is 35.5. The number of anilines is 1. The van der Waals surface area contributed by atoms with Crippen molar-refractivity contribution in [1.29, 1.82) is 0 Å². The Morgan fingerprint density at radius 1 is 1.11 bits per heavy atom. The minimum absolute atomic E-state index is 0.0838. The van der Waals surface area contributed by atoms with E-state index in [9.17, 15) is 9.59 Å². The van der Waals surface area contributed by atoms with Gasteiger partial charge in [0.1, 0.15) is 12.3 Å². The predicted molar refractivity (Wildman–Crippen MR) is 110 cm³/mol. The molecule has 0 heterocycles. The molecular weight excluding hydrogens is 380 g/mol. The van der Waals surface area contributed by atoms with Crippen LogP contribution < -0.4 is 10.1 Å².